The van der Waals surface area contributed by atoms with Crippen LogP contribution in [0, 0.1) is 11.6 Å². The first kappa shape index (κ1) is 22.6. The summed E-state index contributed by atoms with van der Waals surface area (Å²) in [5, 5.41) is 6.44. The minimum absolute atomic E-state index is 0. The van der Waals surface area contributed by atoms with E-state index in [1.54, 1.807) is 7.05 Å². The normalized spacial score (nSPS) is 16.0. The molecule has 4 N–H and O–H groups in total. The molecule has 0 unspecified atom stereocenters. The average molecular weight is 481 g/mol. The van der Waals surface area contributed by atoms with Crippen LogP contribution >= 0.6 is 24.0 Å². The summed E-state index contributed by atoms with van der Waals surface area (Å²) in [5.41, 5.74) is 5.54. The van der Waals surface area contributed by atoms with Gasteiger partial charge in [-0.1, -0.05) is 0 Å². The van der Waals surface area contributed by atoms with E-state index in [0.717, 1.165) is 38.1 Å². The van der Waals surface area contributed by atoms with Crippen LogP contribution in [0.2, 0.25) is 0 Å². The molecule has 1 fully saturated rings. The number of primary amides is 1. The molecule has 26 heavy (non-hydrogen) atoms. The highest BCUT2D eigenvalue weighted by Crippen LogP contribution is 2.11. The number of likely N-dealkylation sites (tertiary alicyclic amines) is 1. The smallest absolute Gasteiger partial charge is 0.231 e. The second-order valence-corrected chi connectivity index (χ2v) is 6.15. The van der Waals surface area contributed by atoms with Crippen molar-refractivity contribution in [3.63, 3.8) is 0 Å². The van der Waals surface area contributed by atoms with Crippen molar-refractivity contribution in [2.24, 2.45) is 10.7 Å². The molecule has 1 aromatic carbocycles. The lowest BCUT2D eigenvalue weighted by Gasteiger charge is -2.32. The van der Waals surface area contributed by atoms with E-state index in [1.807, 2.05) is 4.90 Å². The third kappa shape index (κ3) is 7.40. The van der Waals surface area contributed by atoms with E-state index in [2.05, 4.69) is 15.6 Å². The van der Waals surface area contributed by atoms with Gasteiger partial charge in [-0.3, -0.25) is 14.7 Å². The van der Waals surface area contributed by atoms with Crippen molar-refractivity contribution in [3.8, 4) is 0 Å². The summed E-state index contributed by atoms with van der Waals surface area (Å²) >= 11 is 0. The zero-order chi connectivity index (χ0) is 18.2. The van der Waals surface area contributed by atoms with Crippen LogP contribution in [-0.4, -0.2) is 56.0 Å². The summed E-state index contributed by atoms with van der Waals surface area (Å²) in [4.78, 5) is 17.1. The lowest BCUT2D eigenvalue weighted by molar-refractivity contribution is -0.119. The number of nitrogens with one attached hydrogen (secondary N) is 2. The molecule has 9 heteroatoms. The minimum Gasteiger partial charge on any atom is -0.369 e. The van der Waals surface area contributed by atoms with Crippen molar-refractivity contribution in [1.29, 1.82) is 0 Å². The molecule has 1 amide bonds. The fraction of sp³-hybridized carbons (Fsp3) is 0.529. The third-order valence-electron chi connectivity index (χ3n) is 4.23. The first-order valence-corrected chi connectivity index (χ1v) is 8.39. The second-order valence-electron chi connectivity index (χ2n) is 6.15. The Morgan fingerprint density at radius 2 is 2.04 bits per heavy atom. The van der Waals surface area contributed by atoms with Gasteiger partial charge in [0.05, 0.1) is 6.54 Å². The summed E-state index contributed by atoms with van der Waals surface area (Å²) in [7, 11) is 1.67. The molecule has 1 aliphatic rings. The quantitative estimate of drug-likeness (QED) is 0.325. The highest BCUT2D eigenvalue weighted by atomic mass is 127. The number of hydrogen-bond acceptors (Lipinski definition) is 3. The summed E-state index contributed by atoms with van der Waals surface area (Å²) in [6, 6.07) is 3.71. The Balaban J connectivity index is 0.00000338. The van der Waals surface area contributed by atoms with Gasteiger partial charge in [-0.05, 0) is 43.0 Å². The van der Waals surface area contributed by atoms with Crippen molar-refractivity contribution < 1.29 is 13.6 Å². The number of carbonyl (C=O) groups excluding carboxylic acids is 1. The molecule has 0 bridgehead atoms. The summed E-state index contributed by atoms with van der Waals surface area (Å²) in [6.45, 7) is 2.33. The summed E-state index contributed by atoms with van der Waals surface area (Å²) < 4.78 is 26.8. The Morgan fingerprint density at radius 3 is 2.65 bits per heavy atom. The number of aliphatic imine (C=N–C) groups is 1. The van der Waals surface area contributed by atoms with E-state index in [4.69, 9.17) is 5.73 Å². The van der Waals surface area contributed by atoms with E-state index in [-0.39, 0.29) is 35.9 Å². The van der Waals surface area contributed by atoms with Crippen molar-refractivity contribution in [2.45, 2.75) is 25.3 Å². The first-order valence-electron chi connectivity index (χ1n) is 8.39. The van der Waals surface area contributed by atoms with Crippen LogP contribution in [0.3, 0.4) is 0 Å². The van der Waals surface area contributed by atoms with Gasteiger partial charge < -0.3 is 16.4 Å². The maximum Gasteiger partial charge on any atom is 0.231 e. The monoisotopic (exact) mass is 481 g/mol. The van der Waals surface area contributed by atoms with E-state index < -0.39 is 11.6 Å². The van der Waals surface area contributed by atoms with Crippen LogP contribution in [0.25, 0.3) is 0 Å². The molecule has 0 spiro atoms. The first-order chi connectivity index (χ1) is 12.0. The lowest BCUT2D eigenvalue weighted by atomic mass is 10.1. The van der Waals surface area contributed by atoms with Crippen LogP contribution < -0.4 is 16.4 Å². The number of guanidine groups is 1. The van der Waals surface area contributed by atoms with Crippen molar-refractivity contribution in [3.05, 3.63) is 35.4 Å². The van der Waals surface area contributed by atoms with Crippen molar-refractivity contribution >= 4 is 35.8 Å². The number of nitrogens with two attached hydrogens (primary N) is 1. The topological polar surface area (TPSA) is 82.8 Å². The fourth-order valence-electron chi connectivity index (χ4n) is 2.89. The number of benzene rings is 1. The maximum atomic E-state index is 13.6. The van der Waals surface area contributed by atoms with Gasteiger partial charge in [0.1, 0.15) is 11.6 Å². The number of hydrogen-bond donors (Lipinski definition) is 3. The Kier molecular flexibility index (Phi) is 9.78. The fourth-order valence-corrected chi connectivity index (χ4v) is 2.89. The molecule has 0 saturated carbocycles. The van der Waals surface area contributed by atoms with Crippen LogP contribution in [0.1, 0.15) is 18.4 Å². The molecule has 1 aromatic rings. The van der Waals surface area contributed by atoms with Gasteiger partial charge in [-0.15, -0.1) is 24.0 Å². The van der Waals surface area contributed by atoms with Gasteiger partial charge in [-0.2, -0.15) is 0 Å². The van der Waals surface area contributed by atoms with Gasteiger partial charge in [0.25, 0.3) is 0 Å². The van der Waals surface area contributed by atoms with E-state index in [0.29, 0.717) is 31.0 Å². The molecule has 0 aliphatic carbocycles. The van der Waals surface area contributed by atoms with Crippen molar-refractivity contribution in [2.75, 3.05) is 33.2 Å². The molecule has 1 aliphatic heterocycles. The van der Waals surface area contributed by atoms with Gasteiger partial charge in [0.15, 0.2) is 5.96 Å². The lowest BCUT2D eigenvalue weighted by Crippen LogP contribution is -2.50. The Morgan fingerprint density at radius 1 is 1.35 bits per heavy atom. The third-order valence-corrected chi connectivity index (χ3v) is 4.23. The highest BCUT2D eigenvalue weighted by molar-refractivity contribution is 14.0. The molecule has 1 saturated heterocycles. The predicted octanol–water partition coefficient (Wildman–Crippen LogP) is 1.24. The van der Waals surface area contributed by atoms with Gasteiger partial charge in [-0.25, -0.2) is 8.78 Å². The number of nitrogens with zero attached hydrogens (tertiary/aromatic N) is 2. The Hall–Kier alpha value is -1.49. The van der Waals surface area contributed by atoms with E-state index >= 15 is 0 Å². The number of amides is 1. The Labute approximate surface area is 169 Å². The summed E-state index contributed by atoms with van der Waals surface area (Å²) in [6.07, 6.45) is 2.13. The predicted molar refractivity (Wildman–Crippen MR) is 109 cm³/mol. The van der Waals surface area contributed by atoms with Crippen LogP contribution in [0.5, 0.6) is 0 Å². The standard InChI is InChI=1S/C17H25F2N5O.HI/c1-21-17(22-7-4-12-10-13(18)2-3-15(12)19)23-14-5-8-24(9-6-14)11-16(20)25;/h2-3,10,14H,4-9,11H2,1H3,(H2,20,25)(H2,21,22,23);1H. The van der Waals surface area contributed by atoms with Crippen molar-refractivity contribution in [1.82, 2.24) is 15.5 Å². The Bertz CT molecular complexity index is 621. The molecule has 1 heterocycles. The largest absolute Gasteiger partial charge is 0.369 e. The average Bonchev–Trinajstić information content (AvgIpc) is 2.58. The van der Waals surface area contributed by atoms with Crippen LogP contribution in [0.15, 0.2) is 23.2 Å². The number of rotatable bonds is 6. The summed E-state index contributed by atoms with van der Waals surface area (Å²) in [5.74, 6) is -0.534. The van der Waals surface area contributed by atoms with E-state index in [1.165, 1.54) is 6.07 Å². The molecule has 0 aromatic heterocycles. The zero-order valence-corrected chi connectivity index (χ0v) is 17.1. The number of carbonyl (C=O) groups is 1. The molecule has 2 rings (SSSR count). The maximum absolute atomic E-state index is 13.6. The minimum atomic E-state index is -0.443. The van der Waals surface area contributed by atoms with Gasteiger partial charge >= 0.3 is 0 Å². The highest BCUT2D eigenvalue weighted by Gasteiger charge is 2.20. The molecule has 6 nitrogen and oxygen atoms in total. The SMILES string of the molecule is CN=C(NCCc1cc(F)ccc1F)NC1CCN(CC(N)=O)CC1.I. The molecule has 146 valence electrons. The second kappa shape index (κ2) is 11.3. The molecule has 0 atom stereocenters. The molecular weight excluding hydrogens is 455 g/mol. The van der Waals surface area contributed by atoms with Gasteiger partial charge in [0.2, 0.25) is 5.91 Å². The van der Waals surface area contributed by atoms with Crippen LogP contribution in [-0.2, 0) is 11.2 Å². The molecular formula is C17H26F2IN5O. The number of piperidine rings is 1. The molecule has 0 radical (unpaired) electrons. The van der Waals surface area contributed by atoms with E-state index in [9.17, 15) is 13.6 Å². The van der Waals surface area contributed by atoms with Crippen LogP contribution in [0.4, 0.5) is 8.78 Å². The zero-order valence-electron chi connectivity index (χ0n) is 14.8. The van der Waals surface area contributed by atoms with Gasteiger partial charge in [0, 0.05) is 32.7 Å². The number of halogens is 3.